The first kappa shape index (κ1) is 25.9. The third kappa shape index (κ3) is 5.24. The molecule has 4 aromatic rings. The molecule has 0 radical (unpaired) electrons. The Balaban J connectivity index is 1.33. The largest absolute Gasteiger partial charge is 0.496 e. The van der Waals surface area contributed by atoms with Crippen LogP contribution in [0.4, 0.5) is 11.5 Å². The van der Waals surface area contributed by atoms with Gasteiger partial charge in [0.1, 0.15) is 35.5 Å². The quantitative estimate of drug-likeness (QED) is 0.300. The van der Waals surface area contributed by atoms with E-state index < -0.39 is 0 Å². The molecule has 2 aromatic carbocycles. The summed E-state index contributed by atoms with van der Waals surface area (Å²) >= 11 is 0. The first-order chi connectivity index (χ1) is 19.5. The maximum absolute atomic E-state index is 11.9. The van der Waals surface area contributed by atoms with Crippen molar-refractivity contribution in [2.45, 2.75) is 18.9 Å². The van der Waals surface area contributed by atoms with Crippen molar-refractivity contribution in [2.24, 2.45) is 5.92 Å². The van der Waals surface area contributed by atoms with Gasteiger partial charge in [-0.3, -0.25) is 4.79 Å². The van der Waals surface area contributed by atoms with Crippen molar-refractivity contribution in [3.05, 3.63) is 73.3 Å². The van der Waals surface area contributed by atoms with E-state index in [-0.39, 0.29) is 12.0 Å². The van der Waals surface area contributed by atoms with Gasteiger partial charge in [0, 0.05) is 43.2 Å². The number of likely N-dealkylation sites (N-methyl/N-ethyl adjacent to an activating group) is 1. The van der Waals surface area contributed by atoms with Crippen LogP contribution < -0.4 is 14.8 Å². The normalized spacial score (nSPS) is 17.6. The number of carbonyl (C=O) groups is 1. The van der Waals surface area contributed by atoms with Crippen LogP contribution in [0, 0.1) is 5.92 Å². The monoisotopic (exact) mass is 539 g/mol. The second-order valence-electron chi connectivity index (χ2n) is 10.5. The number of carbonyl (C=O) groups excluding carboxylic acids is 1. The molecule has 1 atom stereocenters. The van der Waals surface area contributed by atoms with Crippen molar-refractivity contribution >= 4 is 28.3 Å². The van der Waals surface area contributed by atoms with E-state index in [1.54, 1.807) is 24.6 Å². The van der Waals surface area contributed by atoms with Gasteiger partial charge >= 0.3 is 0 Å². The van der Waals surface area contributed by atoms with Gasteiger partial charge in [0.05, 0.1) is 24.6 Å². The fraction of sp³-hybridized carbons (Fsp3) is 0.323. The summed E-state index contributed by atoms with van der Waals surface area (Å²) in [5, 5.41) is 4.42. The van der Waals surface area contributed by atoms with E-state index in [2.05, 4.69) is 39.9 Å². The van der Waals surface area contributed by atoms with Gasteiger partial charge in [0.2, 0.25) is 5.91 Å². The number of hydrogen-bond donors (Lipinski definition) is 1. The Morgan fingerprint density at radius 1 is 1.18 bits per heavy atom. The highest BCUT2D eigenvalue weighted by molar-refractivity contribution is 5.93. The Bertz CT molecular complexity index is 1530. The van der Waals surface area contributed by atoms with Gasteiger partial charge in [-0.25, -0.2) is 9.97 Å². The number of fused-ring (bicyclic) bond motifs is 1. The number of nitrogens with zero attached hydrogens (tertiary/aromatic N) is 4. The van der Waals surface area contributed by atoms with Gasteiger partial charge in [-0.2, -0.15) is 0 Å². The molecule has 2 aliphatic rings. The smallest absolute Gasteiger partial charge is 0.245 e. The summed E-state index contributed by atoms with van der Waals surface area (Å²) in [6.07, 6.45) is 6.47. The number of amides is 1. The average molecular weight is 540 g/mol. The predicted octanol–water partition coefficient (Wildman–Crippen LogP) is 4.91. The van der Waals surface area contributed by atoms with Gasteiger partial charge in [0.25, 0.3) is 0 Å². The first-order valence-corrected chi connectivity index (χ1v) is 13.5. The van der Waals surface area contributed by atoms with Crippen LogP contribution in [0.25, 0.3) is 22.2 Å². The van der Waals surface area contributed by atoms with Gasteiger partial charge in [-0.15, -0.1) is 0 Å². The average Bonchev–Trinajstić information content (AvgIpc) is 3.63. The van der Waals surface area contributed by atoms with Gasteiger partial charge in [0.15, 0.2) is 0 Å². The van der Waals surface area contributed by atoms with Crippen LogP contribution in [0.1, 0.15) is 12.0 Å². The van der Waals surface area contributed by atoms with Crippen LogP contribution in [0.2, 0.25) is 0 Å². The highest BCUT2D eigenvalue weighted by Gasteiger charge is 2.30. The lowest BCUT2D eigenvalue weighted by molar-refractivity contribution is -0.132. The number of rotatable bonds is 9. The molecular weight excluding hydrogens is 506 g/mol. The number of methoxy groups -OCH3 is 1. The Hall–Kier alpha value is -4.37. The minimum absolute atomic E-state index is 0.0272. The molecule has 0 aliphatic carbocycles. The Morgan fingerprint density at radius 3 is 2.77 bits per heavy atom. The van der Waals surface area contributed by atoms with Crippen molar-refractivity contribution in [3.8, 4) is 22.8 Å². The fourth-order valence-electron chi connectivity index (χ4n) is 5.52. The maximum Gasteiger partial charge on any atom is 0.245 e. The number of nitrogens with one attached hydrogen (secondary N) is 1. The molecule has 1 amide bonds. The van der Waals surface area contributed by atoms with Gasteiger partial charge in [-0.1, -0.05) is 6.58 Å². The molecule has 1 N–H and O–H groups in total. The van der Waals surface area contributed by atoms with E-state index in [1.165, 1.54) is 6.08 Å². The van der Waals surface area contributed by atoms with Crippen LogP contribution in [-0.2, 0) is 11.2 Å². The van der Waals surface area contributed by atoms with Crippen LogP contribution in [0.3, 0.4) is 0 Å². The molecule has 0 spiro atoms. The molecule has 9 heteroatoms. The number of aromatic nitrogens is 2. The van der Waals surface area contributed by atoms with Crippen LogP contribution >= 0.6 is 0 Å². The number of anilines is 2. The molecule has 2 aliphatic heterocycles. The summed E-state index contributed by atoms with van der Waals surface area (Å²) in [6, 6.07) is 13.9. The first-order valence-electron chi connectivity index (χ1n) is 13.5. The molecule has 2 aromatic heterocycles. The molecule has 4 heterocycles. The summed E-state index contributed by atoms with van der Waals surface area (Å²) in [5.41, 5.74) is 3.57. The van der Waals surface area contributed by atoms with E-state index in [9.17, 15) is 4.79 Å². The molecule has 1 unspecified atom stereocenters. The lowest BCUT2D eigenvalue weighted by Crippen LogP contribution is -2.50. The van der Waals surface area contributed by atoms with E-state index in [4.69, 9.17) is 13.9 Å². The van der Waals surface area contributed by atoms with E-state index in [1.807, 2.05) is 36.4 Å². The summed E-state index contributed by atoms with van der Waals surface area (Å²) < 4.78 is 17.9. The lowest BCUT2D eigenvalue weighted by Gasteiger charge is -2.39. The van der Waals surface area contributed by atoms with Crippen LogP contribution in [0.5, 0.6) is 11.5 Å². The molecule has 0 bridgehead atoms. The van der Waals surface area contributed by atoms with E-state index >= 15 is 0 Å². The van der Waals surface area contributed by atoms with Crippen LogP contribution in [-0.4, -0.2) is 72.1 Å². The molecule has 9 nitrogen and oxygen atoms in total. The molecule has 40 heavy (non-hydrogen) atoms. The zero-order chi connectivity index (χ0) is 27.6. The summed E-state index contributed by atoms with van der Waals surface area (Å²) in [6.45, 7) is 6.90. The molecular formula is C31H33N5O4. The van der Waals surface area contributed by atoms with E-state index in [0.717, 1.165) is 70.9 Å². The standard InChI is InChI=1S/C31H33N5O4/c1-4-30(37)36-16-20(17-36)12-22-13-24-25(15-29(22)38-3)32-19-33-31(24)34-26-14-21(27-6-5-11-39-27)7-8-28(26)40-23-9-10-35(2)18-23/h4-8,11,13-15,19-20,23H,1,9-10,12,16-18H2,2-3H3,(H,32,33,34). The zero-order valence-electron chi connectivity index (χ0n) is 22.8. The van der Waals surface area contributed by atoms with E-state index in [0.29, 0.717) is 24.8 Å². The third-order valence-electron chi connectivity index (χ3n) is 7.67. The highest BCUT2D eigenvalue weighted by Crippen LogP contribution is 2.37. The number of furan rings is 1. The minimum Gasteiger partial charge on any atom is -0.496 e. The second kappa shape index (κ2) is 11.0. The number of benzene rings is 2. The third-order valence-corrected chi connectivity index (χ3v) is 7.67. The summed E-state index contributed by atoms with van der Waals surface area (Å²) in [5.74, 6) is 3.32. The molecule has 2 fully saturated rings. The molecule has 0 saturated carbocycles. The van der Waals surface area contributed by atoms with Crippen molar-refractivity contribution in [1.29, 1.82) is 0 Å². The lowest BCUT2D eigenvalue weighted by atomic mass is 9.91. The Morgan fingerprint density at radius 2 is 2.05 bits per heavy atom. The minimum atomic E-state index is -0.0272. The highest BCUT2D eigenvalue weighted by atomic mass is 16.5. The van der Waals surface area contributed by atoms with Crippen molar-refractivity contribution in [3.63, 3.8) is 0 Å². The number of likely N-dealkylation sites (tertiary alicyclic amines) is 2. The van der Waals surface area contributed by atoms with Crippen molar-refractivity contribution in [1.82, 2.24) is 19.8 Å². The van der Waals surface area contributed by atoms with Gasteiger partial charge < -0.3 is 29.0 Å². The SMILES string of the molecule is C=CC(=O)N1CC(Cc2cc3c(Nc4cc(-c5ccco5)ccc4OC4CCN(C)C4)ncnc3cc2OC)C1. The molecule has 2 saturated heterocycles. The van der Waals surface area contributed by atoms with Crippen molar-refractivity contribution < 1.29 is 18.7 Å². The number of ether oxygens (including phenoxy) is 2. The predicted molar refractivity (Wildman–Crippen MR) is 154 cm³/mol. The zero-order valence-corrected chi connectivity index (χ0v) is 22.8. The van der Waals surface area contributed by atoms with Crippen LogP contribution in [0.15, 0.2) is 72.1 Å². The maximum atomic E-state index is 11.9. The molecule has 206 valence electrons. The fourth-order valence-corrected chi connectivity index (χ4v) is 5.52. The topological polar surface area (TPSA) is 93.0 Å². The molecule has 6 rings (SSSR count). The van der Waals surface area contributed by atoms with Gasteiger partial charge in [-0.05, 0) is 73.8 Å². The Labute approximate surface area is 233 Å². The Kier molecular flexibility index (Phi) is 7.13. The summed E-state index contributed by atoms with van der Waals surface area (Å²) in [7, 11) is 3.78. The van der Waals surface area contributed by atoms with Crippen molar-refractivity contribution in [2.75, 3.05) is 45.7 Å². The number of hydrogen-bond acceptors (Lipinski definition) is 8. The second-order valence-corrected chi connectivity index (χ2v) is 10.5. The summed E-state index contributed by atoms with van der Waals surface area (Å²) in [4.78, 5) is 25.1.